The molecular formula is C20H28N4O2S. The predicted octanol–water partition coefficient (Wildman–Crippen LogP) is 3.12. The zero-order valence-corrected chi connectivity index (χ0v) is 16.8. The molecule has 6 nitrogen and oxygen atoms in total. The van der Waals surface area contributed by atoms with Crippen LogP contribution in [0.25, 0.3) is 11.0 Å². The number of para-hydroxylation sites is 2. The van der Waals surface area contributed by atoms with Crippen molar-refractivity contribution in [3.8, 4) is 0 Å². The lowest BCUT2D eigenvalue weighted by molar-refractivity contribution is -0.135. The highest BCUT2D eigenvalue weighted by Crippen LogP contribution is 2.23. The minimum atomic E-state index is -0.144. The standard InChI is InChI=1S/C20H28N4O2S/c1-3-18(25)24-11-6-7-14(13-24)20(26)23-17(10-12-27-2)19-21-15-8-4-5-9-16(15)22-19/h4-5,8-9,14,17H,3,6-7,10-13H2,1-2H3,(H,21,22)(H,23,26). The molecule has 2 amide bonds. The average molecular weight is 389 g/mol. The van der Waals surface area contributed by atoms with Crippen LogP contribution in [0.1, 0.15) is 44.5 Å². The second-order valence-corrected chi connectivity index (χ2v) is 8.00. The quantitative estimate of drug-likeness (QED) is 0.764. The van der Waals surface area contributed by atoms with E-state index in [0.29, 0.717) is 13.0 Å². The number of aromatic amines is 1. The fourth-order valence-corrected chi connectivity index (χ4v) is 4.05. The molecule has 2 aromatic rings. The summed E-state index contributed by atoms with van der Waals surface area (Å²) in [6.07, 6.45) is 5.08. The van der Waals surface area contributed by atoms with Gasteiger partial charge in [-0.3, -0.25) is 9.59 Å². The fraction of sp³-hybridized carbons (Fsp3) is 0.550. The van der Waals surface area contributed by atoms with E-state index >= 15 is 0 Å². The number of amides is 2. The van der Waals surface area contributed by atoms with Crippen LogP contribution in [0, 0.1) is 5.92 Å². The van der Waals surface area contributed by atoms with Crippen LogP contribution < -0.4 is 5.32 Å². The number of nitrogens with zero attached hydrogens (tertiary/aromatic N) is 2. The van der Waals surface area contributed by atoms with Crippen molar-refractivity contribution in [1.82, 2.24) is 20.2 Å². The van der Waals surface area contributed by atoms with E-state index in [4.69, 9.17) is 0 Å². The topological polar surface area (TPSA) is 78.1 Å². The Labute approximate surface area is 164 Å². The zero-order chi connectivity index (χ0) is 19.2. The van der Waals surface area contributed by atoms with Gasteiger partial charge in [0.05, 0.1) is 23.0 Å². The molecule has 0 bridgehead atoms. The molecule has 2 N–H and O–H groups in total. The number of piperidine rings is 1. The number of thioether (sulfide) groups is 1. The molecule has 1 aliphatic rings. The number of benzene rings is 1. The van der Waals surface area contributed by atoms with Crippen molar-refractivity contribution in [3.63, 3.8) is 0 Å². The third kappa shape index (κ3) is 4.83. The van der Waals surface area contributed by atoms with Gasteiger partial charge in [0.25, 0.3) is 0 Å². The van der Waals surface area contributed by atoms with Crippen LogP contribution in [0.15, 0.2) is 24.3 Å². The summed E-state index contributed by atoms with van der Waals surface area (Å²) in [5.74, 6) is 1.75. The molecule has 1 aromatic heterocycles. The summed E-state index contributed by atoms with van der Waals surface area (Å²) in [6, 6.07) is 7.76. The van der Waals surface area contributed by atoms with Gasteiger partial charge < -0.3 is 15.2 Å². The SMILES string of the molecule is CCC(=O)N1CCCC(C(=O)NC(CCSC)c2nc3ccccc3[nH]2)C1. The van der Waals surface area contributed by atoms with Gasteiger partial charge in [-0.15, -0.1) is 0 Å². The van der Waals surface area contributed by atoms with Crippen LogP contribution in [-0.2, 0) is 9.59 Å². The molecule has 0 aliphatic carbocycles. The molecule has 2 heterocycles. The Morgan fingerprint density at radius 1 is 1.41 bits per heavy atom. The number of hydrogen-bond donors (Lipinski definition) is 2. The first kappa shape index (κ1) is 19.7. The molecule has 2 atom stereocenters. The lowest BCUT2D eigenvalue weighted by atomic mass is 9.96. The summed E-state index contributed by atoms with van der Waals surface area (Å²) in [4.78, 5) is 34.8. The Kier molecular flexibility index (Phi) is 6.77. The van der Waals surface area contributed by atoms with Gasteiger partial charge in [0.2, 0.25) is 11.8 Å². The number of rotatable bonds is 7. The van der Waals surface area contributed by atoms with E-state index in [-0.39, 0.29) is 23.8 Å². The summed E-state index contributed by atoms with van der Waals surface area (Å²) in [7, 11) is 0. The van der Waals surface area contributed by atoms with Crippen molar-refractivity contribution in [2.75, 3.05) is 25.1 Å². The van der Waals surface area contributed by atoms with Crippen molar-refractivity contribution in [1.29, 1.82) is 0 Å². The Morgan fingerprint density at radius 2 is 2.22 bits per heavy atom. The average Bonchev–Trinajstić information content (AvgIpc) is 3.14. The Hall–Kier alpha value is -2.02. The van der Waals surface area contributed by atoms with Gasteiger partial charge in [0, 0.05) is 19.5 Å². The van der Waals surface area contributed by atoms with Gasteiger partial charge in [0.15, 0.2) is 0 Å². The van der Waals surface area contributed by atoms with E-state index in [1.54, 1.807) is 11.8 Å². The first-order chi connectivity index (χ1) is 13.1. The lowest BCUT2D eigenvalue weighted by Crippen LogP contribution is -2.46. The molecule has 0 saturated carbocycles. The van der Waals surface area contributed by atoms with E-state index < -0.39 is 0 Å². The number of likely N-dealkylation sites (tertiary alicyclic amines) is 1. The number of imidazole rings is 1. The van der Waals surface area contributed by atoms with Gasteiger partial charge in [0.1, 0.15) is 5.82 Å². The second-order valence-electron chi connectivity index (χ2n) is 7.01. The zero-order valence-electron chi connectivity index (χ0n) is 16.0. The molecule has 0 spiro atoms. The maximum Gasteiger partial charge on any atom is 0.225 e. The third-order valence-electron chi connectivity index (χ3n) is 5.11. The van der Waals surface area contributed by atoms with Crippen LogP contribution in [0.2, 0.25) is 0 Å². The molecule has 3 rings (SSSR count). The highest BCUT2D eigenvalue weighted by atomic mass is 32.2. The van der Waals surface area contributed by atoms with Crippen LogP contribution >= 0.6 is 11.8 Å². The lowest BCUT2D eigenvalue weighted by Gasteiger charge is -2.32. The van der Waals surface area contributed by atoms with Crippen LogP contribution in [0.4, 0.5) is 0 Å². The van der Waals surface area contributed by atoms with Gasteiger partial charge in [-0.1, -0.05) is 19.1 Å². The van der Waals surface area contributed by atoms with E-state index in [1.807, 2.05) is 36.1 Å². The van der Waals surface area contributed by atoms with Gasteiger partial charge in [-0.05, 0) is 43.4 Å². The largest absolute Gasteiger partial charge is 0.346 e. The minimum Gasteiger partial charge on any atom is -0.346 e. The van der Waals surface area contributed by atoms with Gasteiger partial charge >= 0.3 is 0 Å². The number of nitrogens with one attached hydrogen (secondary N) is 2. The maximum atomic E-state index is 12.9. The van der Waals surface area contributed by atoms with Crippen molar-refractivity contribution in [2.45, 2.75) is 38.6 Å². The summed E-state index contributed by atoms with van der Waals surface area (Å²) < 4.78 is 0. The van der Waals surface area contributed by atoms with Crippen molar-refractivity contribution in [3.05, 3.63) is 30.1 Å². The summed E-state index contributed by atoms with van der Waals surface area (Å²) in [6.45, 7) is 3.15. The van der Waals surface area contributed by atoms with E-state index in [0.717, 1.165) is 48.4 Å². The summed E-state index contributed by atoms with van der Waals surface area (Å²) in [5.41, 5.74) is 1.89. The highest BCUT2D eigenvalue weighted by Gasteiger charge is 2.29. The number of aromatic nitrogens is 2. The molecule has 1 aromatic carbocycles. The predicted molar refractivity (Wildman–Crippen MR) is 110 cm³/mol. The van der Waals surface area contributed by atoms with Crippen molar-refractivity contribution >= 4 is 34.6 Å². The third-order valence-corrected chi connectivity index (χ3v) is 5.76. The first-order valence-corrected chi connectivity index (χ1v) is 11.0. The van der Waals surface area contributed by atoms with Crippen molar-refractivity contribution in [2.24, 2.45) is 5.92 Å². The number of H-pyrrole nitrogens is 1. The van der Waals surface area contributed by atoms with Crippen LogP contribution in [0.5, 0.6) is 0 Å². The highest BCUT2D eigenvalue weighted by molar-refractivity contribution is 7.98. The minimum absolute atomic E-state index is 0.0233. The van der Waals surface area contributed by atoms with Gasteiger partial charge in [-0.2, -0.15) is 11.8 Å². The Morgan fingerprint density at radius 3 is 2.96 bits per heavy atom. The number of carbonyl (C=O) groups is 2. The summed E-state index contributed by atoms with van der Waals surface area (Å²) in [5, 5.41) is 3.19. The van der Waals surface area contributed by atoms with Gasteiger partial charge in [-0.25, -0.2) is 4.98 Å². The summed E-state index contributed by atoms with van der Waals surface area (Å²) >= 11 is 1.76. The van der Waals surface area contributed by atoms with E-state index in [1.165, 1.54) is 0 Å². The van der Waals surface area contributed by atoms with Crippen LogP contribution in [0.3, 0.4) is 0 Å². The molecule has 1 fully saturated rings. The Balaban J connectivity index is 1.71. The molecular weight excluding hydrogens is 360 g/mol. The monoisotopic (exact) mass is 388 g/mol. The van der Waals surface area contributed by atoms with Crippen molar-refractivity contribution < 1.29 is 9.59 Å². The second kappa shape index (κ2) is 9.26. The smallest absolute Gasteiger partial charge is 0.225 e. The molecule has 1 aliphatic heterocycles. The molecule has 0 radical (unpaired) electrons. The van der Waals surface area contributed by atoms with Crippen LogP contribution in [-0.4, -0.2) is 51.8 Å². The molecule has 27 heavy (non-hydrogen) atoms. The Bertz CT molecular complexity index is 758. The molecule has 2 unspecified atom stereocenters. The fourth-order valence-electron chi connectivity index (χ4n) is 3.58. The number of hydrogen-bond acceptors (Lipinski definition) is 4. The molecule has 146 valence electrons. The molecule has 1 saturated heterocycles. The number of fused-ring (bicyclic) bond motifs is 1. The first-order valence-electron chi connectivity index (χ1n) is 9.64. The van der Waals surface area contributed by atoms with E-state index in [9.17, 15) is 9.59 Å². The van der Waals surface area contributed by atoms with E-state index in [2.05, 4.69) is 21.5 Å². The number of carbonyl (C=O) groups excluding carboxylic acids is 2. The molecule has 7 heteroatoms. The normalized spacial score (nSPS) is 18.4. The maximum absolute atomic E-state index is 12.9.